The van der Waals surface area contributed by atoms with Gasteiger partial charge in [-0.15, -0.1) is 0 Å². The number of aryl methyl sites for hydroxylation is 1. The van der Waals surface area contributed by atoms with Crippen molar-refractivity contribution in [3.63, 3.8) is 0 Å². The number of ether oxygens (including phenoxy) is 1. The van der Waals surface area contributed by atoms with E-state index < -0.39 is 11.7 Å². The van der Waals surface area contributed by atoms with Gasteiger partial charge in [0.05, 0.1) is 24.2 Å². The SMILES string of the molecule is C[C@@H](CN1CCC2(CC1)OC(=O)NN=C2c1ccc(C#N)cc1Br)NC(=O)c1cncn1C. The van der Waals surface area contributed by atoms with E-state index in [1.807, 2.05) is 13.0 Å². The largest absolute Gasteiger partial charge is 0.435 e. The number of imidazole rings is 1. The van der Waals surface area contributed by atoms with Crippen molar-refractivity contribution >= 4 is 33.6 Å². The number of nitriles is 1. The fraction of sp³-hybridized carbons (Fsp3) is 0.409. The minimum Gasteiger partial charge on any atom is -0.435 e. The van der Waals surface area contributed by atoms with Crippen LogP contribution in [0, 0.1) is 11.3 Å². The third kappa shape index (κ3) is 4.77. The second-order valence-corrected chi connectivity index (χ2v) is 9.18. The number of hydrazone groups is 1. The molecule has 0 unspecified atom stereocenters. The Morgan fingerprint density at radius 3 is 2.82 bits per heavy atom. The molecule has 0 radical (unpaired) electrons. The molecule has 33 heavy (non-hydrogen) atoms. The van der Waals surface area contributed by atoms with E-state index in [1.54, 1.807) is 36.3 Å². The van der Waals surface area contributed by atoms with E-state index in [2.05, 4.69) is 47.7 Å². The van der Waals surface area contributed by atoms with E-state index in [9.17, 15) is 9.59 Å². The summed E-state index contributed by atoms with van der Waals surface area (Å²) in [6, 6.07) is 7.30. The molecule has 2 amide bonds. The summed E-state index contributed by atoms with van der Waals surface area (Å²) in [6.45, 7) is 3.97. The van der Waals surface area contributed by atoms with Crippen molar-refractivity contribution in [3.8, 4) is 6.07 Å². The molecule has 172 valence electrons. The Morgan fingerprint density at radius 2 is 2.18 bits per heavy atom. The maximum atomic E-state index is 12.4. The minimum atomic E-state index is -0.850. The Labute approximate surface area is 199 Å². The van der Waals surface area contributed by atoms with Gasteiger partial charge in [-0.1, -0.05) is 22.0 Å². The molecule has 0 aliphatic carbocycles. The highest BCUT2D eigenvalue weighted by Gasteiger charge is 2.46. The van der Waals surface area contributed by atoms with Gasteiger partial charge in [0.15, 0.2) is 5.60 Å². The first kappa shape index (κ1) is 22.9. The van der Waals surface area contributed by atoms with Gasteiger partial charge in [0.2, 0.25) is 0 Å². The average Bonchev–Trinajstić information content (AvgIpc) is 3.22. The minimum absolute atomic E-state index is 0.0715. The molecule has 4 rings (SSSR count). The predicted molar refractivity (Wildman–Crippen MR) is 124 cm³/mol. The van der Waals surface area contributed by atoms with Crippen molar-refractivity contribution in [3.05, 3.63) is 52.0 Å². The Hall–Kier alpha value is -3.23. The first-order chi connectivity index (χ1) is 15.8. The maximum Gasteiger partial charge on any atom is 0.428 e. The van der Waals surface area contributed by atoms with Gasteiger partial charge < -0.3 is 19.5 Å². The Morgan fingerprint density at radius 1 is 1.42 bits per heavy atom. The van der Waals surface area contributed by atoms with Gasteiger partial charge in [-0.3, -0.25) is 4.79 Å². The van der Waals surface area contributed by atoms with Crippen LogP contribution >= 0.6 is 15.9 Å². The molecule has 0 saturated carbocycles. The summed E-state index contributed by atoms with van der Waals surface area (Å²) in [7, 11) is 1.78. The lowest BCUT2D eigenvalue weighted by molar-refractivity contribution is 0.00485. The second-order valence-electron chi connectivity index (χ2n) is 8.33. The number of carbonyl (C=O) groups is 2. The molecule has 1 saturated heterocycles. The van der Waals surface area contributed by atoms with Crippen molar-refractivity contribution in [2.24, 2.45) is 12.1 Å². The normalized spacial score (nSPS) is 18.6. The van der Waals surface area contributed by atoms with E-state index in [-0.39, 0.29) is 11.9 Å². The molecule has 1 aromatic carbocycles. The molecule has 2 aliphatic rings. The van der Waals surface area contributed by atoms with Crippen molar-refractivity contribution in [1.82, 2.24) is 25.2 Å². The lowest BCUT2D eigenvalue weighted by Crippen LogP contribution is -2.57. The topological polar surface area (TPSA) is 125 Å². The lowest BCUT2D eigenvalue weighted by Gasteiger charge is -2.43. The predicted octanol–water partition coefficient (Wildman–Crippen LogP) is 2.15. The van der Waals surface area contributed by atoms with E-state index in [0.29, 0.717) is 53.9 Å². The highest BCUT2D eigenvalue weighted by atomic mass is 79.9. The van der Waals surface area contributed by atoms with Crippen molar-refractivity contribution < 1.29 is 14.3 Å². The summed E-state index contributed by atoms with van der Waals surface area (Å²) >= 11 is 3.52. The molecule has 2 aromatic rings. The fourth-order valence-corrected chi connectivity index (χ4v) is 4.84. The molecule has 2 N–H and O–H groups in total. The summed E-state index contributed by atoms with van der Waals surface area (Å²) in [6.07, 6.45) is 3.69. The van der Waals surface area contributed by atoms with E-state index in [1.165, 1.54) is 0 Å². The molecule has 1 atom stereocenters. The van der Waals surface area contributed by atoms with Gasteiger partial charge in [-0.25, -0.2) is 15.2 Å². The summed E-state index contributed by atoms with van der Waals surface area (Å²) in [4.78, 5) is 30.7. The smallest absolute Gasteiger partial charge is 0.428 e. The van der Waals surface area contributed by atoms with Crippen LogP contribution in [-0.2, 0) is 11.8 Å². The van der Waals surface area contributed by atoms with Gasteiger partial charge in [0.25, 0.3) is 5.91 Å². The first-order valence-electron chi connectivity index (χ1n) is 10.6. The zero-order chi connectivity index (χ0) is 23.6. The monoisotopic (exact) mass is 513 g/mol. The van der Waals surface area contributed by atoms with E-state index >= 15 is 0 Å². The zero-order valence-corrected chi connectivity index (χ0v) is 19.9. The van der Waals surface area contributed by atoms with Gasteiger partial charge in [-0.05, 0) is 19.1 Å². The van der Waals surface area contributed by atoms with Crippen LogP contribution in [0.2, 0.25) is 0 Å². The number of halogens is 1. The number of carbonyl (C=O) groups excluding carboxylic acids is 2. The number of benzene rings is 1. The number of rotatable bonds is 5. The van der Waals surface area contributed by atoms with Crippen LogP contribution in [0.5, 0.6) is 0 Å². The molecule has 3 heterocycles. The highest BCUT2D eigenvalue weighted by molar-refractivity contribution is 9.10. The fourth-order valence-electron chi connectivity index (χ4n) is 4.28. The number of hydrogen-bond acceptors (Lipinski definition) is 7. The first-order valence-corrected chi connectivity index (χ1v) is 11.4. The molecule has 1 fully saturated rings. The number of piperidine rings is 1. The number of likely N-dealkylation sites (tertiary alicyclic amines) is 1. The molecule has 2 aliphatic heterocycles. The van der Waals surface area contributed by atoms with Crippen LogP contribution in [0.4, 0.5) is 4.79 Å². The maximum absolute atomic E-state index is 12.4. The highest BCUT2D eigenvalue weighted by Crippen LogP contribution is 2.35. The number of aromatic nitrogens is 2. The quantitative estimate of drug-likeness (QED) is 0.630. The Kier molecular flexibility index (Phi) is 6.49. The Bertz CT molecular complexity index is 1150. The van der Waals surface area contributed by atoms with Crippen molar-refractivity contribution in [1.29, 1.82) is 5.26 Å². The molecule has 0 bridgehead atoms. The van der Waals surface area contributed by atoms with Crippen molar-refractivity contribution in [2.45, 2.75) is 31.4 Å². The third-order valence-electron chi connectivity index (χ3n) is 5.95. The third-order valence-corrected chi connectivity index (χ3v) is 6.61. The van der Waals surface area contributed by atoms with E-state index in [0.717, 1.165) is 5.56 Å². The van der Waals surface area contributed by atoms with Crippen LogP contribution in [0.15, 0.2) is 40.3 Å². The van der Waals surface area contributed by atoms with Gasteiger partial charge in [0.1, 0.15) is 11.4 Å². The van der Waals surface area contributed by atoms with E-state index in [4.69, 9.17) is 10.00 Å². The van der Waals surface area contributed by atoms with Gasteiger partial charge in [-0.2, -0.15) is 10.4 Å². The molecule has 10 nitrogen and oxygen atoms in total. The van der Waals surface area contributed by atoms with Crippen LogP contribution in [0.1, 0.15) is 41.4 Å². The summed E-state index contributed by atoms with van der Waals surface area (Å²) < 4.78 is 8.20. The Balaban J connectivity index is 1.43. The van der Waals surface area contributed by atoms with Crippen LogP contribution in [0.25, 0.3) is 0 Å². The van der Waals surface area contributed by atoms with Crippen molar-refractivity contribution in [2.75, 3.05) is 19.6 Å². The van der Waals surface area contributed by atoms with Gasteiger partial charge in [0, 0.05) is 55.6 Å². The van der Waals surface area contributed by atoms with Gasteiger partial charge >= 0.3 is 6.09 Å². The average molecular weight is 514 g/mol. The molecule has 1 aromatic heterocycles. The number of nitrogens with zero attached hydrogens (tertiary/aromatic N) is 5. The molecule has 1 spiro atoms. The lowest BCUT2D eigenvalue weighted by atomic mass is 9.82. The summed E-state index contributed by atoms with van der Waals surface area (Å²) in [5, 5.41) is 16.5. The van der Waals surface area contributed by atoms with Crippen LogP contribution in [0.3, 0.4) is 0 Å². The number of hydrogen-bond donors (Lipinski definition) is 2. The summed E-state index contributed by atoms with van der Waals surface area (Å²) in [5.41, 5.74) is 4.01. The molecular formula is C22H24BrN7O3. The number of nitrogens with one attached hydrogen (secondary N) is 2. The standard InChI is InChI=1S/C22H24BrN7O3/c1-14(26-20(31)18-11-25-13-29(18)2)12-30-7-5-22(6-8-30)19(27-28-21(32)33-22)16-4-3-15(10-24)9-17(16)23/h3-4,9,11,13-14H,5-8,12H2,1-2H3,(H,26,31)(H,28,32)/t14-/m0/s1. The number of amides is 2. The zero-order valence-electron chi connectivity index (χ0n) is 18.3. The molecular weight excluding hydrogens is 490 g/mol. The molecule has 11 heteroatoms. The summed E-state index contributed by atoms with van der Waals surface area (Å²) in [5.74, 6) is -0.164. The second kappa shape index (κ2) is 9.33. The van der Waals surface area contributed by atoms with Crippen LogP contribution < -0.4 is 10.7 Å². The van der Waals surface area contributed by atoms with Crippen LogP contribution in [-0.4, -0.2) is 63.4 Å².